The summed E-state index contributed by atoms with van der Waals surface area (Å²) in [5, 5.41) is 4.42. The SMILES string of the molecule is c1ccc(-c2cc(-c3ccccc3)nc(-c3ccc(-n4c5ccccc5c5c6oc7ccccc7c6ccc54)c(-c4ccc(-c5cc6c7c(c5)N(c5ccccc5)c5ccccc5B7c5ccccc5N6c5ccccc5)cc4)c3)n2)cc1. The molecule has 17 rings (SSSR count). The topological polar surface area (TPSA) is 50.3 Å². The highest BCUT2D eigenvalue weighted by molar-refractivity contribution is 7.00. The predicted molar refractivity (Wildman–Crippen MR) is 345 cm³/mol. The molecule has 15 aromatic rings. The van der Waals surface area contributed by atoms with Gasteiger partial charge in [0.25, 0.3) is 6.71 Å². The largest absolute Gasteiger partial charge is 0.455 e. The van der Waals surface area contributed by atoms with E-state index < -0.39 is 0 Å². The molecule has 0 saturated carbocycles. The lowest BCUT2D eigenvalue weighted by Crippen LogP contribution is -2.61. The summed E-state index contributed by atoms with van der Waals surface area (Å²) >= 11 is 0. The smallest absolute Gasteiger partial charge is 0.252 e. The summed E-state index contributed by atoms with van der Waals surface area (Å²) in [4.78, 5) is 15.6. The van der Waals surface area contributed by atoms with Crippen molar-refractivity contribution < 1.29 is 4.42 Å². The van der Waals surface area contributed by atoms with E-state index in [2.05, 4.69) is 287 Å². The van der Waals surface area contributed by atoms with Crippen LogP contribution in [0.2, 0.25) is 0 Å². The van der Waals surface area contributed by atoms with Crippen LogP contribution in [0, 0.1) is 0 Å². The summed E-state index contributed by atoms with van der Waals surface area (Å²) in [6.07, 6.45) is 0. The summed E-state index contributed by atoms with van der Waals surface area (Å²) in [5.41, 5.74) is 24.8. The Morgan fingerprint density at radius 1 is 0.325 bits per heavy atom. The molecule has 0 aliphatic carbocycles. The van der Waals surface area contributed by atoms with Crippen molar-refractivity contribution in [1.82, 2.24) is 14.5 Å². The number of rotatable bonds is 8. The summed E-state index contributed by atoms with van der Waals surface area (Å²) in [5.74, 6) is 0.649. The third-order valence-corrected chi connectivity index (χ3v) is 17.0. The van der Waals surface area contributed by atoms with Crippen molar-refractivity contribution in [1.29, 1.82) is 0 Å². The van der Waals surface area contributed by atoms with Crippen LogP contribution in [0.25, 0.3) is 106 Å². The lowest BCUT2D eigenvalue weighted by Gasteiger charge is -2.44. The van der Waals surface area contributed by atoms with Crippen LogP contribution < -0.4 is 26.2 Å². The van der Waals surface area contributed by atoms with Crippen molar-refractivity contribution in [3.8, 4) is 61.8 Å². The van der Waals surface area contributed by atoms with Crippen LogP contribution in [-0.4, -0.2) is 21.2 Å². The number of hydrogen-bond acceptors (Lipinski definition) is 5. The molecule has 12 aromatic carbocycles. The highest BCUT2D eigenvalue weighted by Gasteiger charge is 2.43. The van der Waals surface area contributed by atoms with E-state index >= 15 is 0 Å². The molecule has 0 amide bonds. The van der Waals surface area contributed by atoms with Gasteiger partial charge < -0.3 is 18.8 Å². The first-order valence-electron chi connectivity index (χ1n) is 28.3. The molecule has 0 N–H and O–H groups in total. The second-order valence-electron chi connectivity index (χ2n) is 21.6. The predicted octanol–water partition coefficient (Wildman–Crippen LogP) is 17.9. The second kappa shape index (κ2) is 18.8. The van der Waals surface area contributed by atoms with Gasteiger partial charge in [-0.05, 0) is 130 Å². The first kappa shape index (κ1) is 46.9. The minimum atomic E-state index is 0.0272. The summed E-state index contributed by atoms with van der Waals surface area (Å²) in [7, 11) is 0. The van der Waals surface area contributed by atoms with Gasteiger partial charge in [-0.25, -0.2) is 9.97 Å². The van der Waals surface area contributed by atoms with Gasteiger partial charge in [0, 0.05) is 72.5 Å². The van der Waals surface area contributed by atoms with Crippen LogP contribution in [0.4, 0.5) is 34.1 Å². The molecule has 0 saturated heterocycles. The van der Waals surface area contributed by atoms with Gasteiger partial charge >= 0.3 is 0 Å². The Morgan fingerprint density at radius 3 is 1.47 bits per heavy atom. The van der Waals surface area contributed by atoms with E-state index in [1.54, 1.807) is 0 Å². The number of benzene rings is 12. The first-order chi connectivity index (χ1) is 41.2. The van der Waals surface area contributed by atoms with E-state index in [9.17, 15) is 0 Å². The maximum absolute atomic E-state index is 6.79. The third kappa shape index (κ3) is 7.45. The molecule has 0 unspecified atom stereocenters. The molecule has 0 spiro atoms. The van der Waals surface area contributed by atoms with E-state index in [1.807, 2.05) is 18.2 Å². The second-order valence-corrected chi connectivity index (χ2v) is 21.6. The van der Waals surface area contributed by atoms with Gasteiger partial charge in [0.2, 0.25) is 0 Å². The van der Waals surface area contributed by atoms with Crippen LogP contribution >= 0.6 is 0 Å². The zero-order chi connectivity index (χ0) is 54.5. The number of para-hydroxylation sites is 6. The van der Waals surface area contributed by atoms with Gasteiger partial charge in [-0.3, -0.25) is 0 Å². The summed E-state index contributed by atoms with van der Waals surface area (Å²) < 4.78 is 9.20. The molecule has 0 bridgehead atoms. The van der Waals surface area contributed by atoms with Crippen LogP contribution in [0.15, 0.2) is 296 Å². The van der Waals surface area contributed by atoms with Crippen molar-refractivity contribution in [2.75, 3.05) is 9.80 Å². The van der Waals surface area contributed by atoms with Crippen LogP contribution in [0.5, 0.6) is 0 Å². The minimum Gasteiger partial charge on any atom is -0.455 e. The van der Waals surface area contributed by atoms with Gasteiger partial charge in [0.1, 0.15) is 11.2 Å². The maximum Gasteiger partial charge on any atom is 0.252 e. The van der Waals surface area contributed by atoms with Crippen LogP contribution in [0.3, 0.4) is 0 Å². The van der Waals surface area contributed by atoms with Crippen LogP contribution in [-0.2, 0) is 0 Å². The molecule has 83 heavy (non-hydrogen) atoms. The molecule has 7 heteroatoms. The molecule has 5 heterocycles. The first-order valence-corrected chi connectivity index (χ1v) is 28.3. The molecule has 0 fully saturated rings. The summed E-state index contributed by atoms with van der Waals surface area (Å²) in [6, 6.07) is 105. The quantitative estimate of drug-likeness (QED) is 0.142. The Kier molecular flexibility index (Phi) is 10.6. The Morgan fingerprint density at radius 2 is 0.843 bits per heavy atom. The van der Waals surface area contributed by atoms with Gasteiger partial charge in [-0.2, -0.15) is 0 Å². The fraction of sp³-hybridized carbons (Fsp3) is 0. The van der Waals surface area contributed by atoms with Crippen molar-refractivity contribution in [2.45, 2.75) is 0 Å². The van der Waals surface area contributed by atoms with E-state index in [1.165, 1.54) is 39.1 Å². The summed E-state index contributed by atoms with van der Waals surface area (Å²) in [6.45, 7) is 0.0272. The van der Waals surface area contributed by atoms with Gasteiger partial charge in [0.15, 0.2) is 5.82 Å². The minimum absolute atomic E-state index is 0.0272. The average molecular weight is 1060 g/mol. The number of anilines is 6. The van der Waals surface area contributed by atoms with Gasteiger partial charge in [-0.1, -0.05) is 194 Å². The molecule has 0 atom stereocenters. The average Bonchev–Trinajstić information content (AvgIpc) is 2.83. The van der Waals surface area contributed by atoms with Crippen molar-refractivity contribution >= 4 is 101 Å². The third-order valence-electron chi connectivity index (χ3n) is 17.0. The lowest BCUT2D eigenvalue weighted by molar-refractivity contribution is 0.673. The Hall–Kier alpha value is -11.0. The normalized spacial score (nSPS) is 12.5. The zero-order valence-corrected chi connectivity index (χ0v) is 44.9. The van der Waals surface area contributed by atoms with E-state index in [-0.39, 0.29) is 6.71 Å². The molecule has 3 aromatic heterocycles. The number of fused-ring (bicyclic) bond motifs is 11. The lowest BCUT2D eigenvalue weighted by atomic mass is 9.33. The fourth-order valence-corrected chi connectivity index (χ4v) is 13.3. The van der Waals surface area contributed by atoms with Crippen molar-refractivity contribution in [3.05, 3.63) is 291 Å². The van der Waals surface area contributed by atoms with Crippen molar-refractivity contribution in [3.63, 3.8) is 0 Å². The molecule has 2 aliphatic rings. The number of aromatic nitrogens is 3. The van der Waals surface area contributed by atoms with Gasteiger partial charge in [-0.15, -0.1) is 0 Å². The number of furan rings is 1. The monoisotopic (exact) mass is 1060 g/mol. The highest BCUT2D eigenvalue weighted by atomic mass is 16.3. The Bertz CT molecular complexity index is 4870. The van der Waals surface area contributed by atoms with E-state index in [0.717, 1.165) is 111 Å². The standard InChI is InChI=1S/C76H48BN5O/c1-5-21-51(22-6-1)63-48-64(52-23-7-2-8-24-52)79-76(78-63)53-41-43-66(82-65-33-17-13-30-59(65)73-69(82)44-42-58-57-29-14-20-36-72(57)83-75(58)73)60(45-53)50-39-37-49(38-40-50)54-46-70-74-71(47-54)81(56-27-11-4-12-28-56)68-35-19-16-32-62(68)77(74)61-31-15-18-34-67(61)80(70)55-25-9-3-10-26-55/h1-48H. The van der Waals surface area contributed by atoms with E-state index in [4.69, 9.17) is 14.4 Å². The molecule has 386 valence electrons. The van der Waals surface area contributed by atoms with Crippen molar-refractivity contribution in [2.24, 2.45) is 0 Å². The number of nitrogens with zero attached hydrogens (tertiary/aromatic N) is 5. The molecular formula is C76H48BN5O. The maximum atomic E-state index is 6.79. The Balaban J connectivity index is 0.888. The highest BCUT2D eigenvalue weighted by Crippen LogP contribution is 2.48. The van der Waals surface area contributed by atoms with E-state index in [0.29, 0.717) is 5.82 Å². The molecular weight excluding hydrogens is 1010 g/mol. The Labute approximate surface area is 480 Å². The molecule has 0 radical (unpaired) electrons. The van der Waals surface area contributed by atoms with Gasteiger partial charge in [0.05, 0.1) is 33.5 Å². The van der Waals surface area contributed by atoms with Crippen LogP contribution in [0.1, 0.15) is 0 Å². The number of hydrogen-bond donors (Lipinski definition) is 0. The molecule has 6 nitrogen and oxygen atoms in total. The zero-order valence-electron chi connectivity index (χ0n) is 44.9. The molecule has 2 aliphatic heterocycles. The fourth-order valence-electron chi connectivity index (χ4n) is 13.3.